The summed E-state index contributed by atoms with van der Waals surface area (Å²) in [5, 5.41) is 3.36. The number of nitrogens with one attached hydrogen (secondary N) is 1. The lowest BCUT2D eigenvalue weighted by Crippen LogP contribution is -2.44. The van der Waals surface area contributed by atoms with Crippen LogP contribution in [0.5, 0.6) is 0 Å². The number of hydrogen-bond acceptors (Lipinski definition) is 3. The van der Waals surface area contributed by atoms with E-state index < -0.39 is 0 Å². The van der Waals surface area contributed by atoms with E-state index in [9.17, 15) is 4.39 Å². The monoisotopic (exact) mass is 348 g/mol. The minimum atomic E-state index is -0.218. The molecule has 1 fully saturated rings. The summed E-state index contributed by atoms with van der Waals surface area (Å²) >= 11 is 0. The molecule has 2 unspecified atom stereocenters. The van der Waals surface area contributed by atoms with Crippen molar-refractivity contribution in [3.05, 3.63) is 47.9 Å². The van der Waals surface area contributed by atoms with Crippen molar-refractivity contribution in [2.24, 2.45) is 11.7 Å². The summed E-state index contributed by atoms with van der Waals surface area (Å²) < 4.78 is 19.4. The van der Waals surface area contributed by atoms with Crippen LogP contribution in [0, 0.1) is 11.7 Å². The predicted molar refractivity (Wildman–Crippen MR) is 102 cm³/mol. The van der Waals surface area contributed by atoms with Gasteiger partial charge < -0.3 is 15.8 Å². The van der Waals surface area contributed by atoms with Gasteiger partial charge in [0.25, 0.3) is 0 Å². The Labute approximate surface area is 151 Å². The van der Waals surface area contributed by atoms with E-state index in [1.165, 1.54) is 38.2 Å². The number of ether oxygens (including phenoxy) is 1. The van der Waals surface area contributed by atoms with Crippen LogP contribution in [0.4, 0.5) is 4.39 Å². The van der Waals surface area contributed by atoms with Gasteiger partial charge in [0, 0.05) is 24.9 Å². The molecule has 0 bridgehead atoms. The van der Waals surface area contributed by atoms with Crippen molar-refractivity contribution in [3.8, 4) is 0 Å². The quantitative estimate of drug-likeness (QED) is 0.704. The van der Waals surface area contributed by atoms with Crippen LogP contribution in [0.2, 0.25) is 0 Å². The number of nitrogens with two attached hydrogens (primary N) is 1. The minimum absolute atomic E-state index is 0.0592. The van der Waals surface area contributed by atoms with Crippen molar-refractivity contribution in [3.63, 3.8) is 0 Å². The zero-order chi connectivity index (χ0) is 18.2. The molecular formula is C21H33FN2O. The van der Waals surface area contributed by atoms with E-state index >= 15 is 0 Å². The van der Waals surface area contributed by atoms with Gasteiger partial charge in [-0.05, 0) is 37.3 Å². The lowest BCUT2D eigenvalue weighted by molar-refractivity contribution is 0.0909. The first kappa shape index (κ1) is 19.9. The maximum atomic E-state index is 13.8. The molecule has 140 valence electrons. The molecule has 2 rings (SSSR count). The van der Waals surface area contributed by atoms with Gasteiger partial charge in [0.2, 0.25) is 0 Å². The molecule has 0 aromatic heterocycles. The molecule has 3 nitrogen and oxygen atoms in total. The van der Waals surface area contributed by atoms with E-state index in [0.29, 0.717) is 17.9 Å². The standard InChI is InChI=1S/C21H33FN2O/c1-15(13-18-11-7-8-12-19(18)22)24-16(2)21(25-3)20(23)14-17-9-5-4-6-10-17/h7-8,11-12,15,17,20-21,24H,2,4-6,9-10,13-14,23H2,1,3H3/t15?,20-,21?/m1/s1. The van der Waals surface area contributed by atoms with Crippen LogP contribution in [-0.4, -0.2) is 25.3 Å². The van der Waals surface area contributed by atoms with Crippen LogP contribution in [0.25, 0.3) is 0 Å². The van der Waals surface area contributed by atoms with Gasteiger partial charge in [-0.1, -0.05) is 56.9 Å². The van der Waals surface area contributed by atoms with Crippen molar-refractivity contribution in [2.45, 2.75) is 70.1 Å². The van der Waals surface area contributed by atoms with Crippen LogP contribution in [0.1, 0.15) is 51.0 Å². The summed E-state index contributed by atoms with van der Waals surface area (Å²) in [6.45, 7) is 6.16. The Hall–Kier alpha value is -1.39. The maximum Gasteiger partial charge on any atom is 0.126 e. The number of hydrogen-bond donors (Lipinski definition) is 2. The van der Waals surface area contributed by atoms with E-state index in [0.717, 1.165) is 12.1 Å². The lowest BCUT2D eigenvalue weighted by atomic mass is 9.83. The molecule has 1 aliphatic carbocycles. The van der Waals surface area contributed by atoms with Gasteiger partial charge in [-0.15, -0.1) is 0 Å². The fourth-order valence-corrected chi connectivity index (χ4v) is 3.95. The largest absolute Gasteiger partial charge is 0.384 e. The molecule has 4 heteroatoms. The second-order valence-electron chi connectivity index (χ2n) is 7.43. The minimum Gasteiger partial charge on any atom is -0.384 e. The third-order valence-corrected chi connectivity index (χ3v) is 5.23. The summed E-state index contributed by atoms with van der Waals surface area (Å²) in [5.41, 5.74) is 7.92. The van der Waals surface area contributed by atoms with Crippen LogP contribution in [0.15, 0.2) is 36.5 Å². The van der Waals surface area contributed by atoms with E-state index in [4.69, 9.17) is 10.5 Å². The van der Waals surface area contributed by atoms with Crippen LogP contribution in [0.3, 0.4) is 0 Å². The first-order chi connectivity index (χ1) is 12.0. The van der Waals surface area contributed by atoms with Crippen LogP contribution >= 0.6 is 0 Å². The number of halogens is 1. The highest BCUT2D eigenvalue weighted by Crippen LogP contribution is 2.28. The lowest BCUT2D eigenvalue weighted by Gasteiger charge is -2.31. The highest BCUT2D eigenvalue weighted by molar-refractivity contribution is 5.19. The smallest absolute Gasteiger partial charge is 0.126 e. The average molecular weight is 349 g/mol. The Balaban J connectivity index is 1.86. The second kappa shape index (κ2) is 9.93. The third-order valence-electron chi connectivity index (χ3n) is 5.23. The Morgan fingerprint density at radius 3 is 2.64 bits per heavy atom. The van der Waals surface area contributed by atoms with Gasteiger partial charge in [-0.3, -0.25) is 0 Å². The van der Waals surface area contributed by atoms with Gasteiger partial charge in [0.15, 0.2) is 0 Å². The predicted octanol–water partition coefficient (Wildman–Crippen LogP) is 4.17. The molecule has 0 saturated heterocycles. The molecule has 0 spiro atoms. The Morgan fingerprint density at radius 2 is 2.00 bits per heavy atom. The first-order valence-electron chi connectivity index (χ1n) is 9.48. The molecule has 0 heterocycles. The van der Waals surface area contributed by atoms with Crippen LogP contribution < -0.4 is 11.1 Å². The molecule has 1 saturated carbocycles. The van der Waals surface area contributed by atoms with E-state index in [1.54, 1.807) is 13.2 Å². The molecule has 0 amide bonds. The molecule has 1 aromatic carbocycles. The van der Waals surface area contributed by atoms with Gasteiger partial charge >= 0.3 is 0 Å². The van der Waals surface area contributed by atoms with Crippen molar-refractivity contribution < 1.29 is 9.13 Å². The van der Waals surface area contributed by atoms with E-state index in [1.807, 2.05) is 19.1 Å². The normalized spacial score (nSPS) is 19.2. The zero-order valence-corrected chi connectivity index (χ0v) is 15.6. The second-order valence-corrected chi connectivity index (χ2v) is 7.43. The molecule has 3 atom stereocenters. The van der Waals surface area contributed by atoms with Crippen LogP contribution in [-0.2, 0) is 11.2 Å². The van der Waals surface area contributed by atoms with Crippen molar-refractivity contribution in [2.75, 3.05) is 7.11 Å². The number of methoxy groups -OCH3 is 1. The highest BCUT2D eigenvalue weighted by atomic mass is 19.1. The van der Waals surface area contributed by atoms with Crippen molar-refractivity contribution in [1.82, 2.24) is 5.32 Å². The van der Waals surface area contributed by atoms with E-state index in [2.05, 4.69) is 11.9 Å². The van der Waals surface area contributed by atoms with Crippen molar-refractivity contribution >= 4 is 0 Å². The summed E-state index contributed by atoms with van der Waals surface area (Å²) in [6.07, 6.45) is 7.87. The van der Waals surface area contributed by atoms with Gasteiger partial charge in [-0.25, -0.2) is 4.39 Å². The molecule has 0 aliphatic heterocycles. The SMILES string of the molecule is C=C(NC(C)Cc1ccccc1F)C(OC)[C@H](N)CC1CCCCC1. The molecule has 0 radical (unpaired) electrons. The molecule has 3 N–H and O–H groups in total. The summed E-state index contributed by atoms with van der Waals surface area (Å²) in [7, 11) is 1.68. The highest BCUT2D eigenvalue weighted by Gasteiger charge is 2.25. The third kappa shape index (κ3) is 6.12. The topological polar surface area (TPSA) is 47.3 Å². The summed E-state index contributed by atoms with van der Waals surface area (Å²) in [6, 6.07) is 6.88. The molecular weight excluding hydrogens is 315 g/mol. The molecule has 25 heavy (non-hydrogen) atoms. The fraction of sp³-hybridized carbons (Fsp3) is 0.619. The summed E-state index contributed by atoms with van der Waals surface area (Å²) in [5.74, 6) is 0.532. The van der Waals surface area contributed by atoms with Gasteiger partial charge in [0.1, 0.15) is 11.9 Å². The van der Waals surface area contributed by atoms with Gasteiger partial charge in [-0.2, -0.15) is 0 Å². The number of benzene rings is 1. The first-order valence-corrected chi connectivity index (χ1v) is 9.48. The Bertz CT molecular complexity index is 542. The fourth-order valence-electron chi connectivity index (χ4n) is 3.95. The van der Waals surface area contributed by atoms with E-state index in [-0.39, 0.29) is 24.0 Å². The molecule has 1 aliphatic rings. The Morgan fingerprint density at radius 1 is 1.32 bits per heavy atom. The molecule has 1 aromatic rings. The van der Waals surface area contributed by atoms with Gasteiger partial charge in [0.05, 0.1) is 0 Å². The van der Waals surface area contributed by atoms with Crippen molar-refractivity contribution in [1.29, 1.82) is 0 Å². The average Bonchev–Trinajstić information content (AvgIpc) is 2.58. The number of rotatable bonds is 9. The zero-order valence-electron chi connectivity index (χ0n) is 15.6. The maximum absolute atomic E-state index is 13.8. The summed E-state index contributed by atoms with van der Waals surface area (Å²) in [4.78, 5) is 0. The Kier molecular flexibility index (Phi) is 7.91.